The van der Waals surface area contributed by atoms with Gasteiger partial charge < -0.3 is 15.2 Å². The maximum absolute atomic E-state index is 13.8. The Labute approximate surface area is 182 Å². The second kappa shape index (κ2) is 9.57. The molecule has 0 saturated heterocycles. The standard InChI is InChI=1S/C23H18ClF2NO4/c1-13(14-2-4-15(5-3-14)23(29)30)27-22(28)19-10-17(24)7-6-16(19)12-31-21-9-8-18(25)11-20(21)26/h2-11,13H,12H2,1H3,(H,27,28)(H,29,30). The van der Waals surface area contributed by atoms with Crippen LogP contribution in [0.4, 0.5) is 8.78 Å². The lowest BCUT2D eigenvalue weighted by Crippen LogP contribution is -2.27. The zero-order valence-electron chi connectivity index (χ0n) is 16.4. The Morgan fingerprint density at radius 3 is 2.42 bits per heavy atom. The predicted octanol–water partition coefficient (Wildman–Crippen LogP) is 5.39. The molecule has 0 aliphatic carbocycles. The molecule has 0 fully saturated rings. The number of benzene rings is 3. The largest absolute Gasteiger partial charge is 0.486 e. The molecule has 0 saturated carbocycles. The van der Waals surface area contributed by atoms with Gasteiger partial charge in [0.05, 0.1) is 11.6 Å². The predicted molar refractivity (Wildman–Crippen MR) is 111 cm³/mol. The van der Waals surface area contributed by atoms with E-state index in [1.54, 1.807) is 31.2 Å². The van der Waals surface area contributed by atoms with Crippen LogP contribution in [-0.2, 0) is 6.61 Å². The summed E-state index contributed by atoms with van der Waals surface area (Å²) in [7, 11) is 0. The van der Waals surface area contributed by atoms with Gasteiger partial charge in [-0.2, -0.15) is 0 Å². The molecule has 2 N–H and O–H groups in total. The summed E-state index contributed by atoms with van der Waals surface area (Å²) >= 11 is 6.04. The van der Waals surface area contributed by atoms with Crippen LogP contribution < -0.4 is 10.1 Å². The van der Waals surface area contributed by atoms with Gasteiger partial charge in [-0.15, -0.1) is 0 Å². The van der Waals surface area contributed by atoms with Crippen LogP contribution >= 0.6 is 11.6 Å². The molecule has 160 valence electrons. The minimum Gasteiger partial charge on any atom is -0.486 e. The van der Waals surface area contributed by atoms with Crippen LogP contribution in [0.1, 0.15) is 44.8 Å². The van der Waals surface area contributed by atoms with Crippen molar-refractivity contribution in [3.63, 3.8) is 0 Å². The summed E-state index contributed by atoms with van der Waals surface area (Å²) < 4.78 is 32.3. The molecule has 0 aliphatic rings. The van der Waals surface area contributed by atoms with Crippen molar-refractivity contribution < 1.29 is 28.2 Å². The molecule has 31 heavy (non-hydrogen) atoms. The van der Waals surface area contributed by atoms with Gasteiger partial charge in [0, 0.05) is 22.2 Å². The highest BCUT2D eigenvalue weighted by molar-refractivity contribution is 6.31. The molecule has 3 aromatic rings. The molecule has 3 rings (SSSR count). The Hall–Kier alpha value is -3.45. The third-order valence-electron chi connectivity index (χ3n) is 4.60. The van der Waals surface area contributed by atoms with Crippen molar-refractivity contribution in [2.24, 2.45) is 0 Å². The van der Waals surface area contributed by atoms with E-state index in [1.807, 2.05) is 0 Å². The summed E-state index contributed by atoms with van der Waals surface area (Å²) in [5, 5.41) is 12.1. The Kier molecular flexibility index (Phi) is 6.87. The smallest absolute Gasteiger partial charge is 0.335 e. The first-order chi connectivity index (χ1) is 14.7. The van der Waals surface area contributed by atoms with E-state index >= 15 is 0 Å². The number of hydrogen-bond donors (Lipinski definition) is 2. The average molecular weight is 446 g/mol. The third-order valence-corrected chi connectivity index (χ3v) is 4.83. The van der Waals surface area contributed by atoms with Crippen molar-refractivity contribution in [2.75, 3.05) is 0 Å². The van der Waals surface area contributed by atoms with E-state index in [0.717, 1.165) is 6.07 Å². The molecule has 8 heteroatoms. The molecular weight excluding hydrogens is 428 g/mol. The molecule has 1 atom stereocenters. The first-order valence-corrected chi connectivity index (χ1v) is 9.63. The Bertz CT molecular complexity index is 1120. The Morgan fingerprint density at radius 1 is 1.06 bits per heavy atom. The number of nitrogens with one attached hydrogen (secondary N) is 1. The van der Waals surface area contributed by atoms with Crippen LogP contribution in [0.2, 0.25) is 5.02 Å². The van der Waals surface area contributed by atoms with E-state index in [2.05, 4.69) is 5.32 Å². The van der Waals surface area contributed by atoms with Crippen LogP contribution in [0, 0.1) is 11.6 Å². The molecule has 1 amide bonds. The number of amides is 1. The number of halogens is 3. The van der Waals surface area contributed by atoms with E-state index in [4.69, 9.17) is 21.4 Å². The van der Waals surface area contributed by atoms with E-state index in [0.29, 0.717) is 22.2 Å². The molecule has 3 aromatic carbocycles. The Balaban J connectivity index is 1.75. The number of carboxylic acids is 1. The first kappa shape index (κ1) is 22.2. The minimum absolute atomic E-state index is 0.135. The monoisotopic (exact) mass is 445 g/mol. The molecule has 0 aromatic heterocycles. The lowest BCUT2D eigenvalue weighted by atomic mass is 10.0. The fraction of sp³-hybridized carbons (Fsp3) is 0.130. The van der Waals surface area contributed by atoms with Gasteiger partial charge in [-0.25, -0.2) is 13.6 Å². The number of carbonyl (C=O) groups excluding carboxylic acids is 1. The lowest BCUT2D eigenvalue weighted by molar-refractivity contribution is 0.0696. The van der Waals surface area contributed by atoms with E-state index in [9.17, 15) is 18.4 Å². The third kappa shape index (κ3) is 5.58. The van der Waals surface area contributed by atoms with Crippen molar-refractivity contribution in [1.82, 2.24) is 5.32 Å². The normalized spacial score (nSPS) is 11.6. The Morgan fingerprint density at radius 2 is 1.77 bits per heavy atom. The number of carbonyl (C=O) groups is 2. The molecule has 1 unspecified atom stereocenters. The van der Waals surface area contributed by atoms with Gasteiger partial charge >= 0.3 is 5.97 Å². The fourth-order valence-corrected chi connectivity index (χ4v) is 3.08. The maximum Gasteiger partial charge on any atom is 0.335 e. The summed E-state index contributed by atoms with van der Waals surface area (Å²) in [5.41, 5.74) is 1.55. The summed E-state index contributed by atoms with van der Waals surface area (Å²) in [6.45, 7) is 1.62. The molecule has 5 nitrogen and oxygen atoms in total. The maximum atomic E-state index is 13.8. The number of hydrogen-bond acceptors (Lipinski definition) is 3. The molecular formula is C23H18ClF2NO4. The van der Waals surface area contributed by atoms with Crippen molar-refractivity contribution in [1.29, 1.82) is 0 Å². The molecule has 0 bridgehead atoms. The number of carboxylic acid groups (broad SMARTS) is 1. The zero-order valence-corrected chi connectivity index (χ0v) is 17.1. The molecule has 0 aliphatic heterocycles. The fourth-order valence-electron chi connectivity index (χ4n) is 2.91. The van der Waals surface area contributed by atoms with Gasteiger partial charge in [0.1, 0.15) is 12.4 Å². The topological polar surface area (TPSA) is 75.6 Å². The second-order valence-electron chi connectivity index (χ2n) is 6.79. The summed E-state index contributed by atoms with van der Waals surface area (Å²) in [5.74, 6) is -3.19. The highest BCUT2D eigenvalue weighted by Gasteiger charge is 2.17. The summed E-state index contributed by atoms with van der Waals surface area (Å²) in [6, 6.07) is 13.3. The molecule has 0 heterocycles. The summed E-state index contributed by atoms with van der Waals surface area (Å²) in [4.78, 5) is 23.8. The quantitative estimate of drug-likeness (QED) is 0.511. The number of rotatable bonds is 7. The van der Waals surface area contributed by atoms with Crippen LogP contribution in [0.3, 0.4) is 0 Å². The summed E-state index contributed by atoms with van der Waals surface area (Å²) in [6.07, 6.45) is 0. The van der Waals surface area contributed by atoms with E-state index < -0.39 is 29.6 Å². The van der Waals surface area contributed by atoms with Crippen molar-refractivity contribution in [2.45, 2.75) is 19.6 Å². The van der Waals surface area contributed by atoms with Gasteiger partial charge in [-0.05, 0) is 48.9 Å². The van der Waals surface area contributed by atoms with Crippen LogP contribution in [-0.4, -0.2) is 17.0 Å². The molecule has 0 radical (unpaired) electrons. The highest BCUT2D eigenvalue weighted by Crippen LogP contribution is 2.23. The van der Waals surface area contributed by atoms with Crippen molar-refractivity contribution >= 4 is 23.5 Å². The highest BCUT2D eigenvalue weighted by atomic mass is 35.5. The SMILES string of the molecule is CC(NC(=O)c1cc(Cl)ccc1COc1ccc(F)cc1F)c1ccc(C(=O)O)cc1. The van der Waals surface area contributed by atoms with Gasteiger partial charge in [0.15, 0.2) is 11.6 Å². The van der Waals surface area contributed by atoms with E-state index in [-0.39, 0.29) is 23.5 Å². The first-order valence-electron chi connectivity index (χ1n) is 9.25. The van der Waals surface area contributed by atoms with Crippen LogP contribution in [0.25, 0.3) is 0 Å². The van der Waals surface area contributed by atoms with Gasteiger partial charge in [-0.3, -0.25) is 4.79 Å². The van der Waals surface area contributed by atoms with Crippen LogP contribution in [0.5, 0.6) is 5.75 Å². The minimum atomic E-state index is -1.04. The average Bonchev–Trinajstić information content (AvgIpc) is 2.73. The van der Waals surface area contributed by atoms with Gasteiger partial charge in [0.25, 0.3) is 5.91 Å². The van der Waals surface area contributed by atoms with Crippen molar-refractivity contribution in [3.05, 3.63) is 99.6 Å². The number of aromatic carboxylic acids is 1. The van der Waals surface area contributed by atoms with Gasteiger partial charge in [-0.1, -0.05) is 29.8 Å². The van der Waals surface area contributed by atoms with E-state index in [1.165, 1.54) is 24.3 Å². The molecule has 0 spiro atoms. The van der Waals surface area contributed by atoms with Crippen molar-refractivity contribution in [3.8, 4) is 5.75 Å². The second-order valence-corrected chi connectivity index (χ2v) is 7.22. The van der Waals surface area contributed by atoms with Gasteiger partial charge in [0.2, 0.25) is 0 Å². The zero-order chi connectivity index (χ0) is 22.5. The lowest BCUT2D eigenvalue weighted by Gasteiger charge is -2.17. The number of ether oxygens (including phenoxy) is 1. The van der Waals surface area contributed by atoms with Crippen LogP contribution in [0.15, 0.2) is 60.7 Å².